The summed E-state index contributed by atoms with van der Waals surface area (Å²) in [5, 5.41) is 4.01. The molecule has 0 unspecified atom stereocenters. The Morgan fingerprint density at radius 2 is 2.10 bits per heavy atom. The van der Waals surface area contributed by atoms with Crippen LogP contribution in [0.2, 0.25) is 0 Å². The zero-order valence-corrected chi connectivity index (χ0v) is 19.6. The number of allylic oxidation sites excluding steroid dienone is 6. The van der Waals surface area contributed by atoms with Crippen molar-refractivity contribution in [3.8, 4) is 0 Å². The van der Waals surface area contributed by atoms with Gasteiger partial charge in [0.2, 0.25) is 5.91 Å². The lowest BCUT2D eigenvalue weighted by atomic mass is 9.96. The molecule has 1 aromatic rings. The molecule has 1 aliphatic heterocycles. The number of likely N-dealkylation sites (N-methyl/N-ethyl adjacent to an activating group) is 1. The van der Waals surface area contributed by atoms with Crippen molar-refractivity contribution in [3.05, 3.63) is 65.1 Å². The van der Waals surface area contributed by atoms with Gasteiger partial charge in [-0.15, -0.1) is 0 Å². The van der Waals surface area contributed by atoms with Crippen molar-refractivity contribution in [2.75, 3.05) is 44.2 Å². The summed E-state index contributed by atoms with van der Waals surface area (Å²) >= 11 is 6.05. The van der Waals surface area contributed by atoms with Gasteiger partial charge < -0.3 is 15.1 Å². The zero-order chi connectivity index (χ0) is 22.5. The molecule has 0 atom stereocenters. The normalized spacial score (nSPS) is 15.7. The molecule has 168 valence electrons. The fourth-order valence-corrected chi connectivity index (χ4v) is 3.59. The van der Waals surface area contributed by atoms with Crippen LogP contribution in [-0.2, 0) is 4.79 Å². The Hall–Kier alpha value is -2.44. The third-order valence-electron chi connectivity index (χ3n) is 5.12. The van der Waals surface area contributed by atoms with E-state index in [-0.39, 0.29) is 5.91 Å². The van der Waals surface area contributed by atoms with Crippen molar-refractivity contribution in [1.29, 1.82) is 0 Å². The van der Waals surface area contributed by atoms with Crippen molar-refractivity contribution < 1.29 is 4.79 Å². The largest absolute Gasteiger partial charge is 0.354 e. The van der Waals surface area contributed by atoms with E-state index in [1.807, 2.05) is 30.9 Å². The van der Waals surface area contributed by atoms with Gasteiger partial charge in [-0.1, -0.05) is 43.7 Å². The van der Waals surface area contributed by atoms with Gasteiger partial charge in [0.25, 0.3) is 0 Å². The second-order valence-corrected chi connectivity index (χ2v) is 7.43. The van der Waals surface area contributed by atoms with Crippen LogP contribution >= 0.6 is 11.6 Å². The van der Waals surface area contributed by atoms with Crippen LogP contribution < -0.4 is 10.2 Å². The standard InChI is InChI=1S/C22H28ClN5O.C2H6/c1-2-27(21-16-24-10-11-26-21)15-12-25-17-22(29)28-13-8-19(9-14-28)18-4-3-5-20(23)7-6-18;1-2/h3,5-8,10-11,16,25H,2,4,9,12-15,17H2,1H3;1-2H3. The number of nitrogens with zero attached hydrogens (tertiary/aromatic N) is 4. The van der Waals surface area contributed by atoms with E-state index < -0.39 is 0 Å². The average molecular weight is 444 g/mol. The second-order valence-electron chi connectivity index (χ2n) is 6.99. The minimum Gasteiger partial charge on any atom is -0.354 e. The van der Waals surface area contributed by atoms with E-state index in [4.69, 9.17) is 11.6 Å². The maximum atomic E-state index is 12.5. The summed E-state index contributed by atoms with van der Waals surface area (Å²) in [7, 11) is 0. The number of anilines is 1. The monoisotopic (exact) mass is 443 g/mol. The van der Waals surface area contributed by atoms with Crippen LogP contribution in [0.25, 0.3) is 0 Å². The Labute approximate surface area is 191 Å². The number of rotatable bonds is 8. The van der Waals surface area contributed by atoms with Gasteiger partial charge in [-0.2, -0.15) is 0 Å². The molecule has 0 saturated heterocycles. The summed E-state index contributed by atoms with van der Waals surface area (Å²) in [6.45, 7) is 10.2. The summed E-state index contributed by atoms with van der Waals surface area (Å²) in [4.78, 5) is 25.0. The van der Waals surface area contributed by atoms with Gasteiger partial charge in [0, 0.05) is 50.1 Å². The number of halogens is 1. The summed E-state index contributed by atoms with van der Waals surface area (Å²) < 4.78 is 0. The first-order valence-corrected chi connectivity index (χ1v) is 11.5. The molecule has 1 aliphatic carbocycles. The van der Waals surface area contributed by atoms with Gasteiger partial charge in [-0.25, -0.2) is 4.98 Å². The summed E-state index contributed by atoms with van der Waals surface area (Å²) in [5.74, 6) is 0.996. The Bertz CT molecular complexity index is 817. The van der Waals surface area contributed by atoms with Crippen molar-refractivity contribution in [2.24, 2.45) is 0 Å². The first-order chi connectivity index (χ1) is 15.2. The lowest BCUT2D eigenvalue weighted by molar-refractivity contribution is -0.129. The van der Waals surface area contributed by atoms with Crippen LogP contribution in [0.1, 0.15) is 33.6 Å². The average Bonchev–Trinajstić information content (AvgIpc) is 3.05. The molecule has 31 heavy (non-hydrogen) atoms. The molecule has 0 fully saturated rings. The fourth-order valence-electron chi connectivity index (χ4n) is 3.44. The molecular formula is C24H34ClN5O. The van der Waals surface area contributed by atoms with Gasteiger partial charge in [0.15, 0.2) is 0 Å². The smallest absolute Gasteiger partial charge is 0.236 e. The number of nitrogens with one attached hydrogen (secondary N) is 1. The Balaban J connectivity index is 0.00000166. The maximum absolute atomic E-state index is 12.5. The number of aromatic nitrogens is 2. The lowest BCUT2D eigenvalue weighted by Gasteiger charge is -2.28. The fraction of sp³-hybridized carbons (Fsp3) is 0.458. The third-order valence-corrected chi connectivity index (χ3v) is 5.37. The van der Waals surface area contributed by atoms with E-state index in [0.29, 0.717) is 13.1 Å². The van der Waals surface area contributed by atoms with Crippen molar-refractivity contribution in [3.63, 3.8) is 0 Å². The Morgan fingerprint density at radius 3 is 2.77 bits per heavy atom. The third kappa shape index (κ3) is 7.96. The summed E-state index contributed by atoms with van der Waals surface area (Å²) in [6.07, 6.45) is 17.1. The molecule has 2 aliphatic rings. The molecule has 1 amide bonds. The Kier molecular flexibility index (Phi) is 11.0. The molecule has 0 bridgehead atoms. The van der Waals surface area contributed by atoms with Gasteiger partial charge in [-0.3, -0.25) is 9.78 Å². The molecule has 2 heterocycles. The minimum atomic E-state index is 0.139. The quantitative estimate of drug-likeness (QED) is 0.613. The van der Waals surface area contributed by atoms with Crippen LogP contribution in [0.3, 0.4) is 0 Å². The molecule has 6 nitrogen and oxygen atoms in total. The molecular weight excluding hydrogens is 410 g/mol. The predicted octanol–water partition coefficient (Wildman–Crippen LogP) is 4.09. The van der Waals surface area contributed by atoms with Crippen molar-refractivity contribution in [1.82, 2.24) is 20.2 Å². The zero-order valence-electron chi connectivity index (χ0n) is 18.9. The first-order valence-electron chi connectivity index (χ1n) is 11.1. The van der Waals surface area contributed by atoms with E-state index in [0.717, 1.165) is 49.9 Å². The number of carbonyl (C=O) groups excluding carboxylic acids is 1. The first kappa shape index (κ1) is 24.8. The molecule has 3 rings (SSSR count). The van der Waals surface area contributed by atoms with Gasteiger partial charge >= 0.3 is 0 Å². The number of hydrogen-bond acceptors (Lipinski definition) is 5. The topological polar surface area (TPSA) is 61.4 Å². The summed E-state index contributed by atoms with van der Waals surface area (Å²) in [5.41, 5.74) is 2.60. The maximum Gasteiger partial charge on any atom is 0.236 e. The molecule has 0 radical (unpaired) electrons. The highest BCUT2D eigenvalue weighted by Crippen LogP contribution is 2.25. The van der Waals surface area contributed by atoms with Crippen LogP contribution in [0.5, 0.6) is 0 Å². The van der Waals surface area contributed by atoms with Crippen molar-refractivity contribution in [2.45, 2.75) is 33.6 Å². The van der Waals surface area contributed by atoms with Crippen LogP contribution in [-0.4, -0.2) is 60.0 Å². The van der Waals surface area contributed by atoms with Gasteiger partial charge in [-0.05, 0) is 43.1 Å². The lowest BCUT2D eigenvalue weighted by Crippen LogP contribution is -2.42. The summed E-state index contributed by atoms with van der Waals surface area (Å²) in [6, 6.07) is 0. The van der Waals surface area contributed by atoms with E-state index in [9.17, 15) is 4.79 Å². The van der Waals surface area contributed by atoms with E-state index in [1.54, 1.807) is 18.6 Å². The van der Waals surface area contributed by atoms with Crippen LogP contribution in [0, 0.1) is 0 Å². The van der Waals surface area contributed by atoms with Crippen molar-refractivity contribution >= 4 is 23.3 Å². The number of carbonyl (C=O) groups is 1. The highest BCUT2D eigenvalue weighted by atomic mass is 35.5. The van der Waals surface area contributed by atoms with E-state index >= 15 is 0 Å². The van der Waals surface area contributed by atoms with Gasteiger partial charge in [0.1, 0.15) is 5.82 Å². The van der Waals surface area contributed by atoms with Crippen LogP contribution in [0.15, 0.2) is 65.1 Å². The molecule has 1 N–H and O–H groups in total. The molecule has 7 heteroatoms. The molecule has 0 aromatic carbocycles. The molecule has 0 spiro atoms. The Morgan fingerprint density at radius 1 is 1.26 bits per heavy atom. The number of amides is 1. The number of hydrogen-bond donors (Lipinski definition) is 1. The van der Waals surface area contributed by atoms with Gasteiger partial charge in [0.05, 0.1) is 12.7 Å². The van der Waals surface area contributed by atoms with Crippen LogP contribution in [0.4, 0.5) is 5.82 Å². The minimum absolute atomic E-state index is 0.139. The second kappa shape index (κ2) is 13.8. The highest BCUT2D eigenvalue weighted by Gasteiger charge is 2.18. The molecule has 1 aromatic heterocycles. The SMILES string of the molecule is CC.CCN(CCNCC(=O)N1CC=C(C2=CC=C(Cl)C=CC2)CC1)c1cnccn1. The predicted molar refractivity (Wildman–Crippen MR) is 129 cm³/mol. The molecule has 0 saturated carbocycles. The van der Waals surface area contributed by atoms with E-state index in [1.165, 1.54) is 11.1 Å². The highest BCUT2D eigenvalue weighted by molar-refractivity contribution is 6.31. The van der Waals surface area contributed by atoms with E-state index in [2.05, 4.69) is 45.3 Å².